The van der Waals surface area contributed by atoms with Crippen LogP contribution in [0.15, 0.2) is 18.2 Å². The summed E-state index contributed by atoms with van der Waals surface area (Å²) in [6.07, 6.45) is 0. The van der Waals surface area contributed by atoms with Crippen molar-refractivity contribution in [3.8, 4) is 0 Å². The van der Waals surface area contributed by atoms with Crippen molar-refractivity contribution in [3.05, 3.63) is 28.8 Å². The summed E-state index contributed by atoms with van der Waals surface area (Å²) < 4.78 is 26.6. The van der Waals surface area contributed by atoms with Gasteiger partial charge in [0.2, 0.25) is 10.0 Å². The number of hydrogen-bond donors (Lipinski definition) is 2. The first kappa shape index (κ1) is 15.3. The summed E-state index contributed by atoms with van der Waals surface area (Å²) in [7, 11) is -3.42. The highest BCUT2D eigenvalue weighted by Gasteiger charge is 2.20. The Morgan fingerprint density at radius 1 is 1.39 bits per heavy atom. The van der Waals surface area contributed by atoms with Crippen molar-refractivity contribution in [2.45, 2.75) is 26.0 Å². The maximum Gasteiger partial charge on any atom is 0.236 e. The third-order valence-corrected chi connectivity index (χ3v) is 4.63. The molecule has 1 unspecified atom stereocenters. The first-order chi connectivity index (χ1) is 8.36. The van der Waals surface area contributed by atoms with Crippen LogP contribution in [-0.2, 0) is 10.0 Å². The van der Waals surface area contributed by atoms with Gasteiger partial charge < -0.3 is 5.32 Å². The maximum absolute atomic E-state index is 12.0. The van der Waals surface area contributed by atoms with Crippen LogP contribution in [0.4, 0.5) is 5.69 Å². The number of nitrogens with one attached hydrogen (secondary N) is 2. The van der Waals surface area contributed by atoms with Crippen molar-refractivity contribution < 1.29 is 8.42 Å². The molecule has 0 aliphatic heterocycles. The van der Waals surface area contributed by atoms with Crippen LogP contribution in [0.3, 0.4) is 0 Å². The molecule has 0 aromatic heterocycles. The molecule has 18 heavy (non-hydrogen) atoms. The predicted octanol–water partition coefficient (Wildman–Crippen LogP) is 2.39. The van der Waals surface area contributed by atoms with Crippen LogP contribution < -0.4 is 10.0 Å². The Morgan fingerprint density at radius 2 is 2.06 bits per heavy atom. The molecule has 0 aliphatic rings. The quantitative estimate of drug-likeness (QED) is 0.846. The zero-order chi connectivity index (χ0) is 13.8. The minimum Gasteiger partial charge on any atom is -0.316 e. The molecule has 0 saturated carbocycles. The molecule has 0 bridgehead atoms. The van der Waals surface area contributed by atoms with Gasteiger partial charge in [-0.25, -0.2) is 8.42 Å². The van der Waals surface area contributed by atoms with E-state index in [9.17, 15) is 8.42 Å². The molecule has 0 radical (unpaired) electrons. The van der Waals surface area contributed by atoms with Gasteiger partial charge in [-0.05, 0) is 38.1 Å². The molecule has 102 valence electrons. The Labute approximate surface area is 114 Å². The average molecular weight is 291 g/mol. The van der Waals surface area contributed by atoms with E-state index in [1.165, 1.54) is 0 Å². The highest BCUT2D eigenvalue weighted by molar-refractivity contribution is 7.93. The largest absolute Gasteiger partial charge is 0.316 e. The lowest BCUT2D eigenvalue weighted by Crippen LogP contribution is -2.34. The van der Waals surface area contributed by atoms with Crippen LogP contribution in [0.2, 0.25) is 5.02 Å². The fraction of sp³-hybridized carbons (Fsp3) is 0.500. The number of rotatable bonds is 6. The standard InChI is InChI=1S/C12H19ClN2O2S/c1-4-14-8-10(3)18(16,17)15-12-6-5-9(2)7-11(12)13/h5-7,10,14-15H,4,8H2,1-3H3. The molecule has 1 aromatic carbocycles. The lowest BCUT2D eigenvalue weighted by Gasteiger charge is -2.16. The number of aryl methyl sites for hydroxylation is 1. The van der Waals surface area contributed by atoms with Gasteiger partial charge in [0.1, 0.15) is 0 Å². The zero-order valence-corrected chi connectivity index (χ0v) is 12.4. The van der Waals surface area contributed by atoms with Gasteiger partial charge in [-0.2, -0.15) is 0 Å². The molecule has 2 N–H and O–H groups in total. The zero-order valence-electron chi connectivity index (χ0n) is 10.8. The summed E-state index contributed by atoms with van der Waals surface area (Å²) in [6.45, 7) is 6.65. The molecular weight excluding hydrogens is 272 g/mol. The molecule has 0 heterocycles. The normalized spacial score (nSPS) is 13.3. The Hall–Kier alpha value is -0.780. The van der Waals surface area contributed by atoms with Crippen LogP contribution in [0.5, 0.6) is 0 Å². The summed E-state index contributed by atoms with van der Waals surface area (Å²) in [4.78, 5) is 0. The minimum atomic E-state index is -3.42. The molecule has 6 heteroatoms. The Morgan fingerprint density at radius 3 is 2.61 bits per heavy atom. The molecule has 4 nitrogen and oxygen atoms in total. The third kappa shape index (κ3) is 4.15. The molecule has 0 saturated heterocycles. The van der Waals surface area contributed by atoms with Gasteiger partial charge in [0, 0.05) is 6.54 Å². The van der Waals surface area contributed by atoms with E-state index in [4.69, 9.17) is 11.6 Å². The molecule has 0 fully saturated rings. The number of hydrogen-bond acceptors (Lipinski definition) is 3. The first-order valence-electron chi connectivity index (χ1n) is 5.85. The minimum absolute atomic E-state index is 0.411. The number of halogens is 1. The number of sulfonamides is 1. The Kier molecular flexibility index (Phi) is 5.44. The van der Waals surface area contributed by atoms with Gasteiger partial charge >= 0.3 is 0 Å². The fourth-order valence-corrected chi connectivity index (χ4v) is 2.78. The first-order valence-corrected chi connectivity index (χ1v) is 7.77. The number of anilines is 1. The summed E-state index contributed by atoms with van der Waals surface area (Å²) in [5.74, 6) is 0. The molecule has 1 atom stereocenters. The second-order valence-electron chi connectivity index (χ2n) is 4.25. The van der Waals surface area contributed by atoms with Crippen molar-refractivity contribution >= 4 is 27.3 Å². The molecular formula is C12H19ClN2O2S. The monoisotopic (exact) mass is 290 g/mol. The highest BCUT2D eigenvalue weighted by atomic mass is 35.5. The van der Waals surface area contributed by atoms with Crippen molar-refractivity contribution in [1.82, 2.24) is 5.32 Å². The lowest BCUT2D eigenvalue weighted by molar-refractivity contribution is 0.579. The van der Waals surface area contributed by atoms with E-state index in [0.717, 1.165) is 12.1 Å². The summed E-state index contributed by atoms with van der Waals surface area (Å²) in [5, 5.41) is 2.90. The van der Waals surface area contributed by atoms with E-state index in [0.29, 0.717) is 17.3 Å². The van der Waals surface area contributed by atoms with E-state index in [1.807, 2.05) is 19.9 Å². The van der Waals surface area contributed by atoms with Crippen LogP contribution >= 0.6 is 11.6 Å². The van der Waals surface area contributed by atoms with Crippen LogP contribution in [-0.4, -0.2) is 26.8 Å². The molecule has 0 aliphatic carbocycles. The van der Waals surface area contributed by atoms with Crippen LogP contribution in [0.25, 0.3) is 0 Å². The summed E-state index contributed by atoms with van der Waals surface area (Å²) in [6, 6.07) is 5.22. The molecule has 0 spiro atoms. The van der Waals surface area contributed by atoms with Gasteiger partial charge in [0.05, 0.1) is 16.0 Å². The van der Waals surface area contributed by atoms with Gasteiger partial charge in [-0.15, -0.1) is 0 Å². The van der Waals surface area contributed by atoms with Gasteiger partial charge in [0.15, 0.2) is 0 Å². The van der Waals surface area contributed by atoms with Gasteiger partial charge in [-0.3, -0.25) is 4.72 Å². The van der Waals surface area contributed by atoms with E-state index < -0.39 is 15.3 Å². The molecule has 1 rings (SSSR count). The van der Waals surface area contributed by atoms with E-state index >= 15 is 0 Å². The van der Waals surface area contributed by atoms with Gasteiger partial charge in [0.25, 0.3) is 0 Å². The van der Waals surface area contributed by atoms with E-state index in [1.54, 1.807) is 19.1 Å². The predicted molar refractivity (Wildman–Crippen MR) is 76.7 cm³/mol. The Balaban J connectivity index is 2.82. The number of benzene rings is 1. The second-order valence-corrected chi connectivity index (χ2v) is 6.75. The van der Waals surface area contributed by atoms with Crippen molar-refractivity contribution in [1.29, 1.82) is 0 Å². The average Bonchev–Trinajstić information content (AvgIpc) is 2.29. The van der Waals surface area contributed by atoms with Gasteiger partial charge in [-0.1, -0.05) is 24.6 Å². The lowest BCUT2D eigenvalue weighted by atomic mass is 10.2. The van der Waals surface area contributed by atoms with Crippen molar-refractivity contribution in [2.75, 3.05) is 17.8 Å². The smallest absolute Gasteiger partial charge is 0.236 e. The molecule has 0 amide bonds. The SMILES string of the molecule is CCNCC(C)S(=O)(=O)Nc1ccc(C)cc1Cl. The topological polar surface area (TPSA) is 58.2 Å². The Bertz CT molecular complexity index is 503. The van der Waals surface area contributed by atoms with Crippen molar-refractivity contribution in [2.24, 2.45) is 0 Å². The summed E-state index contributed by atoms with van der Waals surface area (Å²) in [5.41, 5.74) is 1.41. The second kappa shape index (κ2) is 6.41. The van der Waals surface area contributed by atoms with Crippen LogP contribution in [0.1, 0.15) is 19.4 Å². The third-order valence-electron chi connectivity index (χ3n) is 2.59. The molecule has 1 aromatic rings. The van der Waals surface area contributed by atoms with Crippen molar-refractivity contribution in [3.63, 3.8) is 0 Å². The maximum atomic E-state index is 12.0. The van der Waals surface area contributed by atoms with E-state index in [2.05, 4.69) is 10.0 Å². The van der Waals surface area contributed by atoms with Crippen LogP contribution in [0, 0.1) is 6.92 Å². The highest BCUT2D eigenvalue weighted by Crippen LogP contribution is 2.24. The van der Waals surface area contributed by atoms with E-state index in [-0.39, 0.29) is 0 Å². The summed E-state index contributed by atoms with van der Waals surface area (Å²) >= 11 is 6.00. The fourth-order valence-electron chi connectivity index (χ4n) is 1.41.